The van der Waals surface area contributed by atoms with Crippen molar-refractivity contribution in [2.24, 2.45) is 5.92 Å². The third-order valence-corrected chi connectivity index (χ3v) is 4.89. The maximum absolute atomic E-state index is 5.93. The molecule has 2 saturated heterocycles. The molecule has 0 saturated carbocycles. The van der Waals surface area contributed by atoms with Crippen LogP contribution in [0.2, 0.25) is 5.02 Å². The van der Waals surface area contributed by atoms with E-state index >= 15 is 0 Å². The van der Waals surface area contributed by atoms with E-state index in [1.165, 1.54) is 45.6 Å². The highest BCUT2D eigenvalue weighted by molar-refractivity contribution is 6.30. The van der Waals surface area contributed by atoms with Crippen LogP contribution in [0.25, 0.3) is 0 Å². The van der Waals surface area contributed by atoms with Crippen molar-refractivity contribution >= 4 is 17.4 Å². The van der Waals surface area contributed by atoms with Crippen LogP contribution in [0.15, 0.2) is 18.3 Å². The lowest BCUT2D eigenvalue weighted by molar-refractivity contribution is 0.131. The fourth-order valence-corrected chi connectivity index (χ4v) is 3.48. The van der Waals surface area contributed by atoms with Crippen molar-refractivity contribution in [1.29, 1.82) is 0 Å². The Bertz CT molecular complexity index is 442. The largest absolute Gasteiger partial charge is 0.356 e. The molecule has 0 radical (unpaired) electrons. The average Bonchev–Trinajstić information content (AvgIpc) is 2.51. The first kappa shape index (κ1) is 15.1. The normalized spacial score (nSPS) is 25.2. The highest BCUT2D eigenvalue weighted by atomic mass is 35.5. The van der Waals surface area contributed by atoms with Gasteiger partial charge in [0.05, 0.1) is 5.02 Å². The van der Waals surface area contributed by atoms with E-state index in [1.54, 1.807) is 6.20 Å². The molecule has 3 rings (SSSR count). The van der Waals surface area contributed by atoms with Gasteiger partial charge in [-0.25, -0.2) is 4.98 Å². The van der Waals surface area contributed by atoms with E-state index in [-0.39, 0.29) is 0 Å². The molecule has 0 aliphatic carbocycles. The Hall–Kier alpha value is -0.840. The predicted molar refractivity (Wildman–Crippen MR) is 88.1 cm³/mol. The molecule has 0 N–H and O–H groups in total. The van der Waals surface area contributed by atoms with E-state index in [2.05, 4.69) is 26.7 Å². The van der Waals surface area contributed by atoms with Gasteiger partial charge in [-0.05, 0) is 37.9 Å². The van der Waals surface area contributed by atoms with Crippen molar-refractivity contribution in [1.82, 2.24) is 14.8 Å². The van der Waals surface area contributed by atoms with E-state index in [9.17, 15) is 0 Å². The first-order valence-electron chi connectivity index (χ1n) is 7.98. The van der Waals surface area contributed by atoms with Crippen molar-refractivity contribution in [3.63, 3.8) is 0 Å². The summed E-state index contributed by atoms with van der Waals surface area (Å²) in [6.07, 6.45) is 4.36. The van der Waals surface area contributed by atoms with E-state index in [4.69, 9.17) is 11.6 Å². The van der Waals surface area contributed by atoms with Gasteiger partial charge < -0.3 is 14.7 Å². The number of anilines is 1. The molecule has 0 aromatic carbocycles. The quantitative estimate of drug-likeness (QED) is 0.854. The molecule has 0 amide bonds. The molecule has 116 valence electrons. The minimum atomic E-state index is 0.713. The summed E-state index contributed by atoms with van der Waals surface area (Å²) in [7, 11) is 2.21. The lowest BCUT2D eigenvalue weighted by atomic mass is 9.97. The van der Waals surface area contributed by atoms with E-state index in [0.717, 1.165) is 24.8 Å². The summed E-state index contributed by atoms with van der Waals surface area (Å²) >= 11 is 5.93. The molecule has 2 aliphatic rings. The summed E-state index contributed by atoms with van der Waals surface area (Å²) in [5.41, 5.74) is 0. The van der Waals surface area contributed by atoms with E-state index < -0.39 is 0 Å². The van der Waals surface area contributed by atoms with Gasteiger partial charge in [0.2, 0.25) is 0 Å². The van der Waals surface area contributed by atoms with Crippen LogP contribution in [0.4, 0.5) is 5.82 Å². The number of likely N-dealkylation sites (N-methyl/N-ethyl adjacent to an activating group) is 1. The van der Waals surface area contributed by atoms with Crippen molar-refractivity contribution in [3.05, 3.63) is 23.4 Å². The number of rotatable bonds is 3. The van der Waals surface area contributed by atoms with Gasteiger partial charge in [-0.15, -0.1) is 0 Å². The zero-order valence-corrected chi connectivity index (χ0v) is 13.6. The summed E-state index contributed by atoms with van der Waals surface area (Å²) in [5.74, 6) is 1.84. The Labute approximate surface area is 132 Å². The lowest BCUT2D eigenvalue weighted by Crippen LogP contribution is -2.48. The summed E-state index contributed by atoms with van der Waals surface area (Å²) in [4.78, 5) is 11.9. The highest BCUT2D eigenvalue weighted by Crippen LogP contribution is 2.23. The fraction of sp³-hybridized carbons (Fsp3) is 0.688. The molecule has 2 fully saturated rings. The van der Waals surface area contributed by atoms with E-state index in [1.807, 2.05) is 12.1 Å². The fourth-order valence-electron chi connectivity index (χ4n) is 3.37. The van der Waals surface area contributed by atoms with Gasteiger partial charge in [0, 0.05) is 52.0 Å². The van der Waals surface area contributed by atoms with Crippen LogP contribution in [-0.4, -0.2) is 67.6 Å². The number of pyridine rings is 1. The molecule has 3 heterocycles. The molecule has 21 heavy (non-hydrogen) atoms. The molecule has 1 atom stereocenters. The number of hydrogen-bond donors (Lipinski definition) is 0. The predicted octanol–water partition coefficient (Wildman–Crippen LogP) is 2.20. The number of halogens is 1. The zero-order chi connectivity index (χ0) is 14.7. The van der Waals surface area contributed by atoms with Crippen LogP contribution >= 0.6 is 11.6 Å². The summed E-state index contributed by atoms with van der Waals surface area (Å²) in [6, 6.07) is 3.98. The van der Waals surface area contributed by atoms with Gasteiger partial charge in [-0.1, -0.05) is 11.6 Å². The van der Waals surface area contributed by atoms with Gasteiger partial charge in [0.15, 0.2) is 0 Å². The number of nitrogens with zero attached hydrogens (tertiary/aromatic N) is 4. The highest BCUT2D eigenvalue weighted by Gasteiger charge is 2.24. The molecule has 1 aromatic rings. The number of piperazine rings is 1. The number of hydrogen-bond acceptors (Lipinski definition) is 4. The smallest absolute Gasteiger partial charge is 0.128 e. The Kier molecular flexibility index (Phi) is 4.99. The molecule has 5 heteroatoms. The molecule has 2 aliphatic heterocycles. The van der Waals surface area contributed by atoms with Gasteiger partial charge >= 0.3 is 0 Å². The van der Waals surface area contributed by atoms with Crippen LogP contribution in [0.1, 0.15) is 12.8 Å². The zero-order valence-electron chi connectivity index (χ0n) is 12.8. The summed E-state index contributed by atoms with van der Waals surface area (Å²) < 4.78 is 0. The molecule has 1 aromatic heterocycles. The topological polar surface area (TPSA) is 22.6 Å². The van der Waals surface area contributed by atoms with Gasteiger partial charge in [-0.2, -0.15) is 0 Å². The lowest BCUT2D eigenvalue weighted by Gasteiger charge is -2.38. The van der Waals surface area contributed by atoms with Crippen LogP contribution in [0, 0.1) is 5.92 Å². The van der Waals surface area contributed by atoms with E-state index in [0.29, 0.717) is 5.02 Å². The van der Waals surface area contributed by atoms with Gasteiger partial charge in [0.1, 0.15) is 5.82 Å². The minimum absolute atomic E-state index is 0.713. The molecule has 0 spiro atoms. The van der Waals surface area contributed by atoms with Crippen LogP contribution in [0.5, 0.6) is 0 Å². The third-order valence-electron chi connectivity index (χ3n) is 4.67. The van der Waals surface area contributed by atoms with Crippen LogP contribution in [0.3, 0.4) is 0 Å². The van der Waals surface area contributed by atoms with Crippen LogP contribution < -0.4 is 4.90 Å². The third kappa shape index (κ3) is 4.09. The minimum Gasteiger partial charge on any atom is -0.356 e. The number of piperidine rings is 1. The standard InChI is InChI=1S/C16H25ClN4/c1-19-7-9-20(10-8-19)12-14-3-2-6-21(13-14)16-5-4-15(17)11-18-16/h4-5,11,14H,2-3,6-10,12-13H2,1H3/t14-/m0/s1. The maximum atomic E-state index is 5.93. The maximum Gasteiger partial charge on any atom is 0.128 e. The Morgan fingerprint density at radius 3 is 2.71 bits per heavy atom. The van der Waals surface area contributed by atoms with Crippen LogP contribution in [-0.2, 0) is 0 Å². The molecule has 4 nitrogen and oxygen atoms in total. The Morgan fingerprint density at radius 1 is 1.19 bits per heavy atom. The second kappa shape index (κ2) is 6.95. The monoisotopic (exact) mass is 308 g/mol. The average molecular weight is 309 g/mol. The summed E-state index contributed by atoms with van der Waals surface area (Å²) in [5, 5.41) is 0.713. The SMILES string of the molecule is CN1CCN(C[C@@H]2CCCN(c3ccc(Cl)cn3)C2)CC1. The van der Waals surface area contributed by atoms with Gasteiger partial charge in [0.25, 0.3) is 0 Å². The Balaban J connectivity index is 1.54. The second-order valence-electron chi connectivity index (χ2n) is 6.39. The number of aromatic nitrogens is 1. The van der Waals surface area contributed by atoms with Crippen molar-refractivity contribution in [2.75, 3.05) is 57.8 Å². The van der Waals surface area contributed by atoms with Crippen molar-refractivity contribution in [3.8, 4) is 0 Å². The van der Waals surface area contributed by atoms with Crippen molar-refractivity contribution in [2.45, 2.75) is 12.8 Å². The molecule has 0 bridgehead atoms. The second-order valence-corrected chi connectivity index (χ2v) is 6.83. The first-order valence-corrected chi connectivity index (χ1v) is 8.36. The first-order chi connectivity index (χ1) is 10.2. The molecular weight excluding hydrogens is 284 g/mol. The Morgan fingerprint density at radius 2 is 2.00 bits per heavy atom. The van der Waals surface area contributed by atoms with Crippen molar-refractivity contribution < 1.29 is 0 Å². The van der Waals surface area contributed by atoms with Gasteiger partial charge in [-0.3, -0.25) is 0 Å². The summed E-state index contributed by atoms with van der Waals surface area (Å²) in [6.45, 7) is 8.31. The molecule has 0 unspecified atom stereocenters. The molecular formula is C16H25ClN4.